The summed E-state index contributed by atoms with van der Waals surface area (Å²) >= 11 is 0. The molecule has 21 nitrogen and oxygen atoms in total. The summed E-state index contributed by atoms with van der Waals surface area (Å²) in [7, 11) is 1.52. The third kappa shape index (κ3) is 15.0. The van der Waals surface area contributed by atoms with Gasteiger partial charge in [-0.25, -0.2) is 0 Å². The van der Waals surface area contributed by atoms with Crippen molar-refractivity contribution in [3.63, 3.8) is 0 Å². The van der Waals surface area contributed by atoms with E-state index in [9.17, 15) is 38.4 Å². The van der Waals surface area contributed by atoms with Crippen LogP contribution in [0.5, 0.6) is 17.2 Å². The molecular weight excluding hydrogens is 852 g/mol. The van der Waals surface area contributed by atoms with Crippen molar-refractivity contribution >= 4 is 59.9 Å². The lowest BCUT2D eigenvalue weighted by Gasteiger charge is -2.44. The van der Waals surface area contributed by atoms with Crippen LogP contribution in [0.4, 0.5) is 0 Å². The number of hydrogen-bond acceptors (Lipinski definition) is 21. The Bertz CT molecular complexity index is 1930. The number of methoxy groups -OCH3 is 1. The number of carbonyl (C=O) groups excluding carboxylic acids is 8. The first-order valence-corrected chi connectivity index (χ1v) is 19.6. The van der Waals surface area contributed by atoms with E-state index in [1.165, 1.54) is 25.3 Å². The molecule has 64 heavy (non-hydrogen) atoms. The number of rotatable bonds is 17. The van der Waals surface area contributed by atoms with Crippen LogP contribution in [0.25, 0.3) is 12.2 Å². The highest BCUT2D eigenvalue weighted by atomic mass is 16.8. The molecule has 0 saturated carbocycles. The summed E-state index contributed by atoms with van der Waals surface area (Å²) in [5.41, 5.74) is 1.10. The molecule has 10 atom stereocenters. The highest BCUT2D eigenvalue weighted by Crippen LogP contribution is 2.36. The Morgan fingerprint density at radius 2 is 0.781 bits per heavy atom. The summed E-state index contributed by atoms with van der Waals surface area (Å²) < 4.78 is 73.7. The Hall–Kier alpha value is -6.74. The fourth-order valence-electron chi connectivity index (χ4n) is 6.57. The van der Waals surface area contributed by atoms with Gasteiger partial charge < -0.3 is 61.6 Å². The maximum absolute atomic E-state index is 12.5. The number of ether oxygens (including phenoxy) is 13. The van der Waals surface area contributed by atoms with E-state index in [4.69, 9.17) is 61.6 Å². The van der Waals surface area contributed by atoms with Gasteiger partial charge in [0.05, 0.1) is 7.11 Å². The lowest BCUT2D eigenvalue weighted by atomic mass is 9.98. The molecule has 0 aromatic heterocycles. The van der Waals surface area contributed by atoms with Gasteiger partial charge in [0, 0.05) is 61.5 Å². The van der Waals surface area contributed by atoms with Gasteiger partial charge in [0.1, 0.15) is 42.7 Å². The summed E-state index contributed by atoms with van der Waals surface area (Å²) in [6.45, 7) is 7.62. The third-order valence-corrected chi connectivity index (χ3v) is 8.89. The second-order valence-corrected chi connectivity index (χ2v) is 14.2. The average Bonchev–Trinajstić information content (AvgIpc) is 3.19. The van der Waals surface area contributed by atoms with Crippen LogP contribution in [0, 0.1) is 0 Å². The van der Waals surface area contributed by atoms with Crippen molar-refractivity contribution < 1.29 is 99.9 Å². The van der Waals surface area contributed by atoms with Crippen LogP contribution in [-0.4, -0.2) is 129 Å². The van der Waals surface area contributed by atoms with Gasteiger partial charge in [-0.1, -0.05) is 24.3 Å². The normalized spacial score (nSPS) is 25.1. The Morgan fingerprint density at radius 3 is 1.12 bits per heavy atom. The van der Waals surface area contributed by atoms with E-state index in [1.807, 2.05) is 0 Å². The van der Waals surface area contributed by atoms with Gasteiger partial charge in [-0.2, -0.15) is 0 Å². The molecule has 2 saturated heterocycles. The minimum absolute atomic E-state index is 0.0709. The molecule has 2 aromatic carbocycles. The predicted molar refractivity (Wildman–Crippen MR) is 214 cm³/mol. The zero-order chi connectivity index (χ0) is 47.2. The van der Waals surface area contributed by atoms with E-state index in [-0.39, 0.29) is 11.5 Å². The van der Waals surface area contributed by atoms with Gasteiger partial charge in [-0.15, -0.1) is 0 Å². The number of esters is 8. The zero-order valence-corrected chi connectivity index (χ0v) is 36.5. The minimum Gasteiger partial charge on any atom is -0.497 e. The highest BCUT2D eigenvalue weighted by Gasteiger charge is 2.55. The van der Waals surface area contributed by atoms with Crippen molar-refractivity contribution in [2.24, 2.45) is 0 Å². The van der Waals surface area contributed by atoms with E-state index in [1.54, 1.807) is 36.4 Å². The molecule has 2 fully saturated rings. The number of benzene rings is 2. The lowest BCUT2D eigenvalue weighted by molar-refractivity contribution is -0.289. The summed E-state index contributed by atoms with van der Waals surface area (Å²) in [5, 5.41) is 0. The molecule has 2 aliphatic rings. The van der Waals surface area contributed by atoms with Gasteiger partial charge in [-0.05, 0) is 35.4 Å². The largest absolute Gasteiger partial charge is 0.497 e. The van der Waals surface area contributed by atoms with Crippen LogP contribution >= 0.6 is 0 Å². The van der Waals surface area contributed by atoms with Gasteiger partial charge in [0.15, 0.2) is 24.4 Å². The molecule has 2 aromatic rings. The molecule has 0 amide bonds. The van der Waals surface area contributed by atoms with Crippen LogP contribution in [-0.2, 0) is 85.7 Å². The fourth-order valence-corrected chi connectivity index (χ4v) is 6.57. The molecule has 348 valence electrons. The number of carbonyl (C=O) groups is 8. The maximum atomic E-state index is 12.5. The Kier molecular flexibility index (Phi) is 18.0. The topological polar surface area (TPSA) is 257 Å². The monoisotopic (exact) mass is 902 g/mol. The minimum atomic E-state index is -1.67. The van der Waals surface area contributed by atoms with Crippen LogP contribution in [0.15, 0.2) is 42.5 Å². The second kappa shape index (κ2) is 23.1. The van der Waals surface area contributed by atoms with E-state index in [2.05, 4.69) is 0 Å². The molecule has 21 heteroatoms. The van der Waals surface area contributed by atoms with Crippen molar-refractivity contribution in [2.75, 3.05) is 20.3 Å². The van der Waals surface area contributed by atoms with Crippen molar-refractivity contribution in [1.82, 2.24) is 0 Å². The summed E-state index contributed by atoms with van der Waals surface area (Å²) in [4.78, 5) is 98.3. The van der Waals surface area contributed by atoms with Gasteiger partial charge in [-0.3, -0.25) is 38.4 Å². The van der Waals surface area contributed by atoms with Crippen molar-refractivity contribution in [3.8, 4) is 17.2 Å². The van der Waals surface area contributed by atoms with Crippen LogP contribution in [0.3, 0.4) is 0 Å². The van der Waals surface area contributed by atoms with E-state index in [0.29, 0.717) is 11.3 Å². The van der Waals surface area contributed by atoms with Gasteiger partial charge in [0.2, 0.25) is 24.8 Å². The molecule has 0 spiro atoms. The van der Waals surface area contributed by atoms with E-state index >= 15 is 0 Å². The van der Waals surface area contributed by atoms with E-state index in [0.717, 1.165) is 61.0 Å². The van der Waals surface area contributed by atoms with Crippen LogP contribution < -0.4 is 14.2 Å². The summed E-state index contributed by atoms with van der Waals surface area (Å²) in [6, 6.07) is 11.4. The number of hydrogen-bond donors (Lipinski definition) is 0. The highest BCUT2D eigenvalue weighted by molar-refractivity contribution is 5.72. The van der Waals surface area contributed by atoms with Gasteiger partial charge in [0.25, 0.3) is 0 Å². The standard InChI is InChI=1S/C43H50O21/c1-21(44)53-19-34-36(55-23(3)46)38(57-25(5)48)40(59-27(7)50)42(63-34)61-32-16-30(11-10-29-12-14-31(52-9)15-13-29)17-33(18-32)62-43-41(60-28(8)51)39(58-26(6)49)37(56-24(4)47)35(64-43)20-54-22(2)45/h10-18,34-43H,19-20H2,1-9H3/b11-10-/t34-,35-,36-,37-,38+,39+,40-,41-,42-,43-/m1/s1. The van der Waals surface area contributed by atoms with Crippen molar-refractivity contribution in [1.29, 1.82) is 0 Å². The molecule has 0 aliphatic carbocycles. The molecule has 2 aliphatic heterocycles. The molecule has 4 rings (SSSR count). The zero-order valence-electron chi connectivity index (χ0n) is 36.5. The van der Waals surface area contributed by atoms with Crippen LogP contribution in [0.2, 0.25) is 0 Å². The molecule has 0 radical (unpaired) electrons. The fraction of sp³-hybridized carbons (Fsp3) is 0.488. The molecule has 0 bridgehead atoms. The summed E-state index contributed by atoms with van der Waals surface area (Å²) in [5.74, 6) is -6.13. The Morgan fingerprint density at radius 1 is 0.438 bits per heavy atom. The average molecular weight is 903 g/mol. The van der Waals surface area contributed by atoms with Gasteiger partial charge >= 0.3 is 47.8 Å². The lowest BCUT2D eigenvalue weighted by Crippen LogP contribution is -2.63. The summed E-state index contributed by atoms with van der Waals surface area (Å²) in [6.07, 6.45) is -11.9. The SMILES string of the molecule is COc1ccc(/C=C\c2cc(O[C@@H]3O[C@H](COC(C)=O)[C@@H](OC(C)=O)[C@H](OC(C)=O)[C@H]3OC(C)=O)cc(O[C@@H]3O[C@H](COC(C)=O)[C@@H](OC(C)=O)[C@H](OC(C)=O)[C@H]3OC(C)=O)c2)cc1. The first-order valence-electron chi connectivity index (χ1n) is 19.6. The second-order valence-electron chi connectivity index (χ2n) is 14.2. The maximum Gasteiger partial charge on any atom is 0.303 e. The third-order valence-electron chi connectivity index (χ3n) is 8.89. The van der Waals surface area contributed by atoms with Crippen molar-refractivity contribution in [2.45, 2.75) is 117 Å². The molecule has 0 unspecified atom stereocenters. The van der Waals surface area contributed by atoms with Crippen molar-refractivity contribution in [3.05, 3.63) is 53.6 Å². The molecule has 0 N–H and O–H groups in total. The van der Waals surface area contributed by atoms with E-state index < -0.39 is 122 Å². The smallest absolute Gasteiger partial charge is 0.303 e. The Labute approximate surface area is 367 Å². The first kappa shape index (κ1) is 49.9. The first-order chi connectivity index (χ1) is 30.2. The quantitative estimate of drug-likeness (QED) is 0.126. The predicted octanol–water partition coefficient (Wildman–Crippen LogP) is 2.79. The molecule has 2 heterocycles. The van der Waals surface area contributed by atoms with Crippen LogP contribution in [0.1, 0.15) is 66.5 Å². The molecular formula is C43H50O21. The Balaban J connectivity index is 1.87.